The highest BCUT2D eigenvalue weighted by Crippen LogP contribution is 2.18. The highest BCUT2D eigenvalue weighted by Gasteiger charge is 2.15. The van der Waals surface area contributed by atoms with Crippen LogP contribution in [0.4, 0.5) is 4.39 Å². The molecule has 0 aliphatic carbocycles. The summed E-state index contributed by atoms with van der Waals surface area (Å²) in [5.41, 5.74) is 0.473. The molecule has 3 nitrogen and oxygen atoms in total. The number of nitrogens with one attached hydrogen (secondary N) is 1. The van der Waals surface area contributed by atoms with Crippen LogP contribution < -0.4 is 5.32 Å². The lowest BCUT2D eigenvalue weighted by atomic mass is 10.2. The molecule has 0 radical (unpaired) electrons. The van der Waals surface area contributed by atoms with Gasteiger partial charge < -0.3 is 5.32 Å². The van der Waals surface area contributed by atoms with Crippen LogP contribution in [0.3, 0.4) is 0 Å². The summed E-state index contributed by atoms with van der Waals surface area (Å²) in [7, 11) is 0. The Bertz CT molecular complexity index is 559. The van der Waals surface area contributed by atoms with E-state index in [1.54, 1.807) is 6.20 Å². The van der Waals surface area contributed by atoms with Crippen LogP contribution in [0.15, 0.2) is 29.8 Å². The van der Waals surface area contributed by atoms with E-state index in [0.717, 1.165) is 5.01 Å². The van der Waals surface area contributed by atoms with E-state index in [0.29, 0.717) is 9.13 Å². The molecule has 0 aliphatic rings. The van der Waals surface area contributed by atoms with E-state index in [4.69, 9.17) is 0 Å². The molecular weight excluding hydrogens is 366 g/mol. The molecule has 6 heteroatoms. The zero-order chi connectivity index (χ0) is 13.1. The first-order valence-corrected chi connectivity index (χ1v) is 7.19. The molecule has 1 N–H and O–H groups in total. The van der Waals surface area contributed by atoms with Gasteiger partial charge in [-0.2, -0.15) is 0 Å². The van der Waals surface area contributed by atoms with E-state index in [-0.39, 0.29) is 17.8 Å². The van der Waals surface area contributed by atoms with E-state index in [2.05, 4.69) is 10.3 Å². The van der Waals surface area contributed by atoms with Crippen LogP contribution in [0.1, 0.15) is 28.3 Å². The summed E-state index contributed by atoms with van der Waals surface area (Å²) in [6.07, 6.45) is 1.70. The maximum absolute atomic E-state index is 13.0. The first-order chi connectivity index (χ1) is 8.58. The van der Waals surface area contributed by atoms with Crippen LogP contribution in [0.25, 0.3) is 0 Å². The van der Waals surface area contributed by atoms with Crippen molar-refractivity contribution in [2.45, 2.75) is 13.0 Å². The van der Waals surface area contributed by atoms with Crippen molar-refractivity contribution in [2.75, 3.05) is 0 Å². The molecule has 1 atom stereocenters. The Kier molecular flexibility index (Phi) is 4.28. The molecule has 0 saturated carbocycles. The lowest BCUT2D eigenvalue weighted by Gasteiger charge is -2.12. The van der Waals surface area contributed by atoms with E-state index in [1.807, 2.05) is 34.9 Å². The van der Waals surface area contributed by atoms with Crippen LogP contribution in [0.5, 0.6) is 0 Å². The van der Waals surface area contributed by atoms with Gasteiger partial charge in [-0.15, -0.1) is 11.3 Å². The molecule has 0 spiro atoms. The number of hydrogen-bond donors (Lipinski definition) is 1. The van der Waals surface area contributed by atoms with Gasteiger partial charge in [-0.25, -0.2) is 9.37 Å². The van der Waals surface area contributed by atoms with Crippen LogP contribution >= 0.6 is 33.9 Å². The molecule has 0 fully saturated rings. The number of carbonyl (C=O) groups excluding carboxylic acids is 1. The molecular formula is C12H10FIN2OS. The van der Waals surface area contributed by atoms with Crippen LogP contribution in [0.2, 0.25) is 0 Å². The Balaban J connectivity index is 2.12. The summed E-state index contributed by atoms with van der Waals surface area (Å²) in [4.78, 5) is 16.2. The second kappa shape index (κ2) is 5.75. The molecule has 0 bridgehead atoms. The van der Waals surface area contributed by atoms with Crippen molar-refractivity contribution in [3.05, 3.63) is 49.7 Å². The van der Waals surface area contributed by atoms with Crippen molar-refractivity contribution in [3.63, 3.8) is 0 Å². The lowest BCUT2D eigenvalue weighted by molar-refractivity contribution is 0.0939. The smallest absolute Gasteiger partial charge is 0.252 e. The third-order valence-corrected chi connectivity index (χ3v) is 4.20. The fourth-order valence-corrected chi connectivity index (χ4v) is 2.83. The molecule has 2 rings (SSSR count). The number of nitrogens with zero attached hydrogens (tertiary/aromatic N) is 1. The van der Waals surface area contributed by atoms with Gasteiger partial charge in [-0.1, -0.05) is 0 Å². The number of aromatic nitrogens is 1. The molecule has 0 aliphatic heterocycles. The Morgan fingerprint density at radius 3 is 2.94 bits per heavy atom. The highest BCUT2D eigenvalue weighted by atomic mass is 127. The van der Waals surface area contributed by atoms with Gasteiger partial charge in [0.15, 0.2) is 0 Å². The maximum Gasteiger partial charge on any atom is 0.252 e. The van der Waals surface area contributed by atoms with Crippen molar-refractivity contribution in [2.24, 2.45) is 0 Å². The van der Waals surface area contributed by atoms with Gasteiger partial charge in [0.25, 0.3) is 5.91 Å². The maximum atomic E-state index is 13.0. The Morgan fingerprint density at radius 2 is 2.33 bits per heavy atom. The first-order valence-electron chi connectivity index (χ1n) is 5.23. The van der Waals surface area contributed by atoms with Crippen molar-refractivity contribution in [3.8, 4) is 0 Å². The molecule has 18 heavy (non-hydrogen) atoms. The summed E-state index contributed by atoms with van der Waals surface area (Å²) in [6.45, 7) is 1.87. The van der Waals surface area contributed by atoms with Gasteiger partial charge in [0, 0.05) is 15.1 Å². The molecule has 1 unspecified atom stereocenters. The molecule has 1 amide bonds. The zero-order valence-electron chi connectivity index (χ0n) is 9.48. The molecule has 94 valence electrons. The highest BCUT2D eigenvalue weighted by molar-refractivity contribution is 14.1. The molecule has 1 aromatic heterocycles. The SMILES string of the molecule is CC(NC(=O)c1ccc(F)cc1I)c1nccs1. The van der Waals surface area contributed by atoms with Gasteiger partial charge in [-0.05, 0) is 47.7 Å². The number of amides is 1. The van der Waals surface area contributed by atoms with Gasteiger partial charge in [-0.3, -0.25) is 4.79 Å². The number of rotatable bonds is 3. The first kappa shape index (κ1) is 13.4. The van der Waals surface area contributed by atoms with Crippen LogP contribution in [-0.4, -0.2) is 10.9 Å². The second-order valence-corrected chi connectivity index (χ2v) is 5.78. The second-order valence-electron chi connectivity index (χ2n) is 3.69. The summed E-state index contributed by atoms with van der Waals surface area (Å²) in [5, 5.41) is 5.55. The minimum atomic E-state index is -0.344. The minimum Gasteiger partial charge on any atom is -0.343 e. The van der Waals surface area contributed by atoms with Gasteiger partial charge >= 0.3 is 0 Å². The summed E-state index contributed by atoms with van der Waals surface area (Å²) >= 11 is 3.43. The zero-order valence-corrected chi connectivity index (χ0v) is 12.5. The number of halogens is 2. The average molecular weight is 376 g/mol. The number of benzene rings is 1. The van der Waals surface area contributed by atoms with Gasteiger partial charge in [0.1, 0.15) is 10.8 Å². The van der Waals surface area contributed by atoms with Gasteiger partial charge in [0.05, 0.1) is 11.6 Å². The third kappa shape index (κ3) is 3.05. The number of thiazole rings is 1. The normalized spacial score (nSPS) is 12.2. The molecule has 0 saturated heterocycles. The van der Waals surface area contributed by atoms with Crippen molar-refractivity contribution in [1.82, 2.24) is 10.3 Å². The summed E-state index contributed by atoms with van der Waals surface area (Å²) in [5.74, 6) is -0.564. The average Bonchev–Trinajstić information content (AvgIpc) is 2.81. The van der Waals surface area contributed by atoms with Crippen LogP contribution in [0, 0.1) is 9.39 Å². The van der Waals surface area contributed by atoms with Crippen molar-refractivity contribution < 1.29 is 9.18 Å². The van der Waals surface area contributed by atoms with Gasteiger partial charge in [0.2, 0.25) is 0 Å². The van der Waals surface area contributed by atoms with E-state index in [9.17, 15) is 9.18 Å². The molecule has 1 aromatic carbocycles. The fraction of sp³-hybridized carbons (Fsp3) is 0.167. The molecule has 1 heterocycles. The Labute approximate surface area is 122 Å². The number of carbonyl (C=O) groups is 1. The van der Waals surface area contributed by atoms with E-state index >= 15 is 0 Å². The summed E-state index contributed by atoms with van der Waals surface area (Å²) < 4.78 is 13.5. The number of hydrogen-bond acceptors (Lipinski definition) is 3. The quantitative estimate of drug-likeness (QED) is 0.835. The van der Waals surface area contributed by atoms with Crippen molar-refractivity contribution in [1.29, 1.82) is 0 Å². The van der Waals surface area contributed by atoms with Crippen molar-refractivity contribution >= 4 is 39.8 Å². The minimum absolute atomic E-state index is 0.154. The van der Waals surface area contributed by atoms with Crippen LogP contribution in [-0.2, 0) is 0 Å². The Hall–Kier alpha value is -1.02. The summed E-state index contributed by atoms with van der Waals surface area (Å²) in [6, 6.07) is 3.95. The van der Waals surface area contributed by atoms with E-state index in [1.165, 1.54) is 29.5 Å². The third-order valence-electron chi connectivity index (χ3n) is 2.35. The Morgan fingerprint density at radius 1 is 1.56 bits per heavy atom. The lowest BCUT2D eigenvalue weighted by Crippen LogP contribution is -2.27. The predicted molar refractivity (Wildman–Crippen MR) is 77.1 cm³/mol. The predicted octanol–water partition coefficient (Wildman–Crippen LogP) is 3.38. The molecule has 2 aromatic rings. The fourth-order valence-electron chi connectivity index (χ4n) is 1.46. The van der Waals surface area contributed by atoms with E-state index < -0.39 is 0 Å². The monoisotopic (exact) mass is 376 g/mol. The standard InChI is InChI=1S/C12H10FIN2OS/c1-7(12-15-4-5-18-12)16-11(17)9-3-2-8(13)6-10(9)14/h2-7H,1H3,(H,16,17). The largest absolute Gasteiger partial charge is 0.343 e. The topological polar surface area (TPSA) is 42.0 Å².